The van der Waals surface area contributed by atoms with Crippen molar-refractivity contribution in [3.8, 4) is 5.75 Å². The summed E-state index contributed by atoms with van der Waals surface area (Å²) in [6, 6.07) is 20.1. The molecule has 0 unspecified atom stereocenters. The fourth-order valence-corrected chi connectivity index (χ4v) is 5.56. The fraction of sp³-hybridized carbons (Fsp3) is 0.296. The molecule has 1 N–H and O–H groups in total. The number of benzene rings is 3. The van der Waals surface area contributed by atoms with Gasteiger partial charge in [0.25, 0.3) is 5.91 Å². The standard InChI is InChI=1S/C27H30N2O4S/c1-4-33-26-8-6-5-7-25(26)28-27(30)22-12-10-21(11-13-22)18-29(34(31,32)24-15-16-24)23-14-9-19(2)20(3)17-23/h5-14,17,24H,4,15-16,18H2,1-3H3,(H,28,30). The third-order valence-electron chi connectivity index (χ3n) is 6.01. The number of nitrogens with zero attached hydrogens (tertiary/aromatic N) is 1. The molecule has 4 rings (SSSR count). The van der Waals surface area contributed by atoms with Crippen LogP contribution in [0.3, 0.4) is 0 Å². The van der Waals surface area contributed by atoms with E-state index in [4.69, 9.17) is 4.74 Å². The lowest BCUT2D eigenvalue weighted by Gasteiger charge is -2.25. The summed E-state index contributed by atoms with van der Waals surface area (Å²) < 4.78 is 33.5. The number of amides is 1. The van der Waals surface area contributed by atoms with Gasteiger partial charge in [-0.1, -0.05) is 30.3 Å². The molecule has 178 valence electrons. The van der Waals surface area contributed by atoms with Crippen LogP contribution in [-0.4, -0.2) is 26.2 Å². The summed E-state index contributed by atoms with van der Waals surface area (Å²) in [5.41, 5.74) is 4.74. The molecule has 0 radical (unpaired) electrons. The molecule has 0 heterocycles. The normalized spacial score (nSPS) is 13.4. The van der Waals surface area contributed by atoms with Crippen LogP contribution < -0.4 is 14.4 Å². The first kappa shape index (κ1) is 23.8. The highest BCUT2D eigenvalue weighted by Gasteiger charge is 2.40. The van der Waals surface area contributed by atoms with E-state index in [0.717, 1.165) is 16.7 Å². The van der Waals surface area contributed by atoms with Gasteiger partial charge in [0.05, 0.1) is 29.8 Å². The van der Waals surface area contributed by atoms with Crippen LogP contribution in [-0.2, 0) is 16.6 Å². The molecule has 0 spiro atoms. The summed E-state index contributed by atoms with van der Waals surface area (Å²) >= 11 is 0. The second kappa shape index (κ2) is 9.89. The number of anilines is 2. The molecule has 1 aliphatic rings. The van der Waals surface area contributed by atoms with Crippen LogP contribution in [0.1, 0.15) is 46.8 Å². The lowest BCUT2D eigenvalue weighted by molar-refractivity contribution is 0.102. The molecular weight excluding hydrogens is 448 g/mol. The van der Waals surface area contributed by atoms with Crippen LogP contribution in [0.15, 0.2) is 66.7 Å². The van der Waals surface area contributed by atoms with E-state index >= 15 is 0 Å². The van der Waals surface area contributed by atoms with E-state index in [1.165, 1.54) is 4.31 Å². The minimum absolute atomic E-state index is 0.219. The van der Waals surface area contributed by atoms with E-state index < -0.39 is 10.0 Å². The molecule has 0 aliphatic heterocycles. The lowest BCUT2D eigenvalue weighted by Crippen LogP contribution is -2.33. The lowest BCUT2D eigenvalue weighted by atomic mass is 10.1. The van der Waals surface area contributed by atoms with Gasteiger partial charge < -0.3 is 10.1 Å². The Morgan fingerprint density at radius 3 is 2.35 bits per heavy atom. The van der Waals surface area contributed by atoms with Crippen LogP contribution in [0, 0.1) is 13.8 Å². The van der Waals surface area contributed by atoms with Crippen molar-refractivity contribution in [1.29, 1.82) is 0 Å². The quantitative estimate of drug-likeness (QED) is 0.444. The average molecular weight is 479 g/mol. The van der Waals surface area contributed by atoms with Crippen molar-refractivity contribution >= 4 is 27.3 Å². The van der Waals surface area contributed by atoms with Gasteiger partial charge in [0.2, 0.25) is 10.0 Å². The molecule has 0 atom stereocenters. The first-order valence-electron chi connectivity index (χ1n) is 11.5. The van der Waals surface area contributed by atoms with Gasteiger partial charge in [0, 0.05) is 5.56 Å². The number of hydrogen-bond donors (Lipinski definition) is 1. The van der Waals surface area contributed by atoms with Crippen molar-refractivity contribution in [3.05, 3.63) is 89.0 Å². The van der Waals surface area contributed by atoms with Gasteiger partial charge in [0.15, 0.2) is 0 Å². The van der Waals surface area contributed by atoms with E-state index in [1.807, 2.05) is 57.2 Å². The fourth-order valence-electron chi connectivity index (χ4n) is 3.73. The molecule has 3 aromatic carbocycles. The van der Waals surface area contributed by atoms with Crippen molar-refractivity contribution in [1.82, 2.24) is 0 Å². The Morgan fingerprint density at radius 1 is 1.00 bits per heavy atom. The predicted molar refractivity (Wildman–Crippen MR) is 136 cm³/mol. The Balaban J connectivity index is 1.54. The van der Waals surface area contributed by atoms with Gasteiger partial charge in [0.1, 0.15) is 5.75 Å². The topological polar surface area (TPSA) is 75.7 Å². The minimum atomic E-state index is -3.45. The maximum atomic E-state index is 13.2. The van der Waals surface area contributed by atoms with Crippen LogP contribution in [0.5, 0.6) is 5.75 Å². The predicted octanol–water partition coefficient (Wildman–Crippen LogP) is 5.45. The molecule has 0 aromatic heterocycles. The minimum Gasteiger partial charge on any atom is -0.492 e. The Morgan fingerprint density at radius 2 is 1.71 bits per heavy atom. The van der Waals surface area contributed by atoms with Gasteiger partial charge >= 0.3 is 0 Å². The number of hydrogen-bond acceptors (Lipinski definition) is 4. The Hall–Kier alpha value is -3.32. The molecule has 7 heteroatoms. The largest absolute Gasteiger partial charge is 0.492 e. The maximum Gasteiger partial charge on any atom is 0.255 e. The molecule has 34 heavy (non-hydrogen) atoms. The van der Waals surface area contributed by atoms with Crippen LogP contribution in [0.2, 0.25) is 0 Å². The Kier molecular flexibility index (Phi) is 6.93. The van der Waals surface area contributed by atoms with E-state index in [-0.39, 0.29) is 17.7 Å². The van der Waals surface area contributed by atoms with Crippen molar-refractivity contribution in [2.24, 2.45) is 0 Å². The van der Waals surface area contributed by atoms with E-state index in [0.29, 0.717) is 42.1 Å². The van der Waals surface area contributed by atoms with E-state index in [1.54, 1.807) is 30.3 Å². The van der Waals surface area contributed by atoms with Crippen molar-refractivity contribution in [3.63, 3.8) is 0 Å². The molecule has 0 bridgehead atoms. The zero-order chi connectivity index (χ0) is 24.3. The van der Waals surface area contributed by atoms with Crippen LogP contribution in [0.25, 0.3) is 0 Å². The first-order valence-corrected chi connectivity index (χ1v) is 13.0. The molecule has 0 saturated heterocycles. The third-order valence-corrected chi connectivity index (χ3v) is 8.28. The molecule has 6 nitrogen and oxygen atoms in total. The van der Waals surface area contributed by atoms with E-state index in [9.17, 15) is 13.2 Å². The highest BCUT2D eigenvalue weighted by Crippen LogP contribution is 2.35. The van der Waals surface area contributed by atoms with Gasteiger partial charge in [-0.05, 0) is 86.7 Å². The Bertz CT molecular complexity index is 1280. The van der Waals surface area contributed by atoms with Crippen molar-refractivity contribution in [2.75, 3.05) is 16.2 Å². The van der Waals surface area contributed by atoms with Gasteiger partial charge in [-0.25, -0.2) is 8.42 Å². The molecule has 3 aromatic rings. The summed E-state index contributed by atoms with van der Waals surface area (Å²) in [5.74, 6) is 0.361. The summed E-state index contributed by atoms with van der Waals surface area (Å²) in [6.07, 6.45) is 1.40. The van der Waals surface area contributed by atoms with Crippen molar-refractivity contribution < 1.29 is 17.9 Å². The number of rotatable bonds is 9. The number of carbonyl (C=O) groups is 1. The molecule has 1 aliphatic carbocycles. The zero-order valence-electron chi connectivity index (χ0n) is 19.7. The number of carbonyl (C=O) groups excluding carboxylic acids is 1. The first-order chi connectivity index (χ1) is 16.3. The number of aryl methyl sites for hydroxylation is 2. The summed E-state index contributed by atoms with van der Waals surface area (Å²) in [6.45, 7) is 6.61. The SMILES string of the molecule is CCOc1ccccc1NC(=O)c1ccc(CN(c2ccc(C)c(C)c2)S(=O)(=O)C2CC2)cc1. The van der Waals surface area contributed by atoms with Crippen LogP contribution >= 0.6 is 0 Å². The van der Waals surface area contributed by atoms with Gasteiger partial charge in [-0.3, -0.25) is 9.10 Å². The van der Waals surface area contributed by atoms with Gasteiger partial charge in [-0.15, -0.1) is 0 Å². The number of ether oxygens (including phenoxy) is 1. The number of nitrogens with one attached hydrogen (secondary N) is 1. The maximum absolute atomic E-state index is 13.2. The summed E-state index contributed by atoms with van der Waals surface area (Å²) in [7, 11) is -3.45. The van der Waals surface area contributed by atoms with Gasteiger partial charge in [-0.2, -0.15) is 0 Å². The smallest absolute Gasteiger partial charge is 0.255 e. The van der Waals surface area contributed by atoms with Crippen molar-refractivity contribution in [2.45, 2.75) is 45.4 Å². The number of para-hydroxylation sites is 2. The summed E-state index contributed by atoms with van der Waals surface area (Å²) in [4.78, 5) is 12.8. The van der Waals surface area contributed by atoms with E-state index in [2.05, 4.69) is 5.32 Å². The molecule has 1 saturated carbocycles. The molecular formula is C27H30N2O4S. The second-order valence-electron chi connectivity index (χ2n) is 8.60. The second-order valence-corrected chi connectivity index (χ2v) is 10.7. The highest BCUT2D eigenvalue weighted by molar-refractivity contribution is 7.93. The number of sulfonamides is 1. The average Bonchev–Trinajstić information content (AvgIpc) is 3.67. The summed E-state index contributed by atoms with van der Waals surface area (Å²) in [5, 5.41) is 2.57. The molecule has 1 amide bonds. The monoisotopic (exact) mass is 478 g/mol. The third kappa shape index (κ3) is 5.25. The van der Waals surface area contributed by atoms with Crippen LogP contribution in [0.4, 0.5) is 11.4 Å². The Labute approximate surface area is 201 Å². The highest BCUT2D eigenvalue weighted by atomic mass is 32.2. The zero-order valence-corrected chi connectivity index (χ0v) is 20.6. The molecule has 1 fully saturated rings.